The zero-order chi connectivity index (χ0) is 27.1. The zero-order valence-electron chi connectivity index (χ0n) is 21.2. The van der Waals surface area contributed by atoms with Crippen LogP contribution in [0.4, 0.5) is 5.69 Å². The quantitative estimate of drug-likeness (QED) is 0.110. The van der Waals surface area contributed by atoms with Crippen molar-refractivity contribution < 1.29 is 39.5 Å². The summed E-state index contributed by atoms with van der Waals surface area (Å²) < 4.78 is 11.1. The van der Waals surface area contributed by atoms with E-state index >= 15 is 0 Å². The molecule has 8 N–H and O–H groups in total. The first-order chi connectivity index (χ1) is 17.6. The molecule has 1 amide bonds. The maximum atomic E-state index is 12.9. The van der Waals surface area contributed by atoms with Crippen LogP contribution < -0.4 is 16.4 Å². The van der Waals surface area contributed by atoms with E-state index in [1.165, 1.54) is 6.92 Å². The van der Waals surface area contributed by atoms with Crippen LogP contribution in [0.1, 0.15) is 43.5 Å². The van der Waals surface area contributed by atoms with E-state index in [1.54, 1.807) is 24.3 Å². The van der Waals surface area contributed by atoms with Crippen molar-refractivity contribution in [2.24, 2.45) is 5.92 Å². The van der Waals surface area contributed by atoms with Gasteiger partial charge in [0.25, 0.3) is 0 Å². The lowest BCUT2D eigenvalue weighted by molar-refractivity contribution is -0.211. The van der Waals surface area contributed by atoms with Gasteiger partial charge in [-0.25, -0.2) is 4.79 Å². The van der Waals surface area contributed by atoms with E-state index in [1.807, 2.05) is 0 Å². The van der Waals surface area contributed by atoms with Crippen molar-refractivity contribution in [2.45, 2.75) is 81.1 Å². The summed E-state index contributed by atoms with van der Waals surface area (Å²) in [4.78, 5) is 25.1. The number of aliphatic hydroxyl groups excluding tert-OH is 4. The number of anilines is 1. The third kappa shape index (κ3) is 7.56. The molecule has 0 radical (unpaired) electrons. The summed E-state index contributed by atoms with van der Waals surface area (Å²) in [5.41, 5.74) is 5.33. The molecule has 0 bridgehead atoms. The van der Waals surface area contributed by atoms with Crippen molar-refractivity contribution in [3.63, 3.8) is 0 Å². The minimum absolute atomic E-state index is 0.0173. The Morgan fingerprint density at radius 2 is 1.97 bits per heavy atom. The molecule has 2 heterocycles. The third-order valence-electron chi connectivity index (χ3n) is 6.80. The highest BCUT2D eigenvalue weighted by molar-refractivity contribution is 7.99. The highest BCUT2D eigenvalue weighted by Gasteiger charge is 2.48. The van der Waals surface area contributed by atoms with Gasteiger partial charge < -0.3 is 46.3 Å². The highest BCUT2D eigenvalue weighted by atomic mass is 32.2. The fourth-order valence-corrected chi connectivity index (χ4v) is 5.72. The van der Waals surface area contributed by atoms with Crippen molar-refractivity contribution in [2.75, 3.05) is 24.6 Å². The number of hydrogen-bond acceptors (Lipinski definition) is 11. The third-order valence-corrected chi connectivity index (χ3v) is 7.92. The predicted octanol–water partition coefficient (Wildman–Crippen LogP) is -0.390. The zero-order valence-corrected chi connectivity index (χ0v) is 22.0. The summed E-state index contributed by atoms with van der Waals surface area (Å²) in [6.07, 6.45) is -4.13. The first-order valence-electron chi connectivity index (χ1n) is 12.7. The number of benzene rings is 1. The van der Waals surface area contributed by atoms with Crippen molar-refractivity contribution >= 4 is 29.3 Å². The number of aliphatic hydroxyl groups is 4. The molecule has 37 heavy (non-hydrogen) atoms. The Labute approximate surface area is 221 Å². The van der Waals surface area contributed by atoms with Crippen LogP contribution in [-0.4, -0.2) is 99.2 Å². The second-order valence-corrected chi connectivity index (χ2v) is 10.9. The van der Waals surface area contributed by atoms with E-state index in [4.69, 9.17) is 15.2 Å². The number of rotatable bonds is 11. The number of nitrogens with two attached hydrogens (primary N) is 1. The fourth-order valence-electron chi connectivity index (χ4n) is 4.75. The maximum Gasteiger partial charge on any atom is 0.340 e. The predicted molar refractivity (Wildman–Crippen MR) is 139 cm³/mol. The number of nitrogens with one attached hydrogen (secondary N) is 2. The first-order valence-corrected chi connectivity index (χ1v) is 13.7. The molecule has 208 valence electrons. The molecular formula is C25H39N3O8S. The van der Waals surface area contributed by atoms with Gasteiger partial charge in [0.2, 0.25) is 5.91 Å². The standard InChI is InChI=1S/C25H39N3O8S/c1-3-6-14-11-17(27-12-14)23(33)28-18(13(2)29)22-20(31)19(30)21(32)25(36-22)37-10-9-35-24(34)15-7-4-5-8-16(15)26/h4-5,7-8,13-14,17-22,25,27,29-32H,3,6,9-12,26H2,1-2H3,(H,28,33)/t13-,14-,17+,18-,19+,20-,21-,22-,25-/m1/s1. The smallest absolute Gasteiger partial charge is 0.340 e. The molecule has 2 saturated heterocycles. The molecule has 0 spiro atoms. The number of esters is 1. The second-order valence-electron chi connectivity index (χ2n) is 9.66. The number of carbonyl (C=O) groups excluding carboxylic acids is 2. The molecular weight excluding hydrogens is 502 g/mol. The molecule has 2 aliphatic heterocycles. The van der Waals surface area contributed by atoms with Gasteiger partial charge in [0, 0.05) is 11.4 Å². The lowest BCUT2D eigenvalue weighted by atomic mass is 9.92. The van der Waals surface area contributed by atoms with Crippen molar-refractivity contribution in [3.05, 3.63) is 29.8 Å². The number of hydrogen-bond donors (Lipinski definition) is 7. The highest BCUT2D eigenvalue weighted by Crippen LogP contribution is 2.31. The van der Waals surface area contributed by atoms with Crippen LogP contribution in [0.3, 0.4) is 0 Å². The number of amides is 1. The fraction of sp³-hybridized carbons (Fsp3) is 0.680. The van der Waals surface area contributed by atoms with E-state index in [0.29, 0.717) is 18.0 Å². The summed E-state index contributed by atoms with van der Waals surface area (Å²) in [6.45, 7) is 4.27. The van der Waals surface area contributed by atoms with Gasteiger partial charge in [-0.05, 0) is 44.4 Å². The average molecular weight is 542 g/mol. The van der Waals surface area contributed by atoms with Crippen LogP contribution in [0.2, 0.25) is 0 Å². The Morgan fingerprint density at radius 1 is 1.24 bits per heavy atom. The van der Waals surface area contributed by atoms with E-state index in [9.17, 15) is 30.0 Å². The first kappa shape index (κ1) is 29.6. The molecule has 11 nitrogen and oxygen atoms in total. The molecule has 0 saturated carbocycles. The van der Waals surface area contributed by atoms with Gasteiger partial charge in [-0.15, -0.1) is 11.8 Å². The molecule has 2 aliphatic rings. The molecule has 3 rings (SSSR count). The normalized spacial score (nSPS) is 31.5. The lowest BCUT2D eigenvalue weighted by Gasteiger charge is -2.44. The average Bonchev–Trinajstić information content (AvgIpc) is 3.34. The largest absolute Gasteiger partial charge is 0.461 e. The summed E-state index contributed by atoms with van der Waals surface area (Å²) in [5.74, 6) is -0.299. The molecule has 9 atom stereocenters. The van der Waals surface area contributed by atoms with E-state index in [-0.39, 0.29) is 23.8 Å². The number of thioether (sulfide) groups is 1. The van der Waals surface area contributed by atoms with Crippen LogP contribution >= 0.6 is 11.8 Å². The van der Waals surface area contributed by atoms with Gasteiger partial charge in [0.05, 0.1) is 23.8 Å². The summed E-state index contributed by atoms with van der Waals surface area (Å²) in [6, 6.07) is 5.07. The number of carbonyl (C=O) groups is 2. The van der Waals surface area contributed by atoms with Crippen LogP contribution in [0.25, 0.3) is 0 Å². The van der Waals surface area contributed by atoms with E-state index in [2.05, 4.69) is 17.6 Å². The van der Waals surface area contributed by atoms with Gasteiger partial charge in [-0.1, -0.05) is 25.5 Å². The topological polar surface area (TPSA) is 184 Å². The van der Waals surface area contributed by atoms with Gasteiger partial charge in [-0.3, -0.25) is 4.79 Å². The van der Waals surface area contributed by atoms with Crippen molar-refractivity contribution in [1.29, 1.82) is 0 Å². The van der Waals surface area contributed by atoms with Gasteiger partial charge in [-0.2, -0.15) is 0 Å². The molecule has 2 fully saturated rings. The summed E-state index contributed by atoms with van der Waals surface area (Å²) >= 11 is 1.08. The van der Waals surface area contributed by atoms with Crippen LogP contribution in [-0.2, 0) is 14.3 Å². The van der Waals surface area contributed by atoms with Gasteiger partial charge >= 0.3 is 5.97 Å². The molecule has 1 aromatic rings. The minimum Gasteiger partial charge on any atom is -0.461 e. The van der Waals surface area contributed by atoms with Crippen molar-refractivity contribution in [1.82, 2.24) is 10.6 Å². The molecule has 0 aromatic heterocycles. The summed E-state index contributed by atoms with van der Waals surface area (Å²) in [7, 11) is 0. The van der Waals surface area contributed by atoms with Crippen LogP contribution in [0.5, 0.6) is 0 Å². The van der Waals surface area contributed by atoms with E-state index < -0.39 is 54.0 Å². The molecule has 12 heteroatoms. The second kappa shape index (κ2) is 13.7. The molecule has 0 unspecified atom stereocenters. The molecule has 1 aromatic carbocycles. The number of para-hydroxylation sites is 1. The Balaban J connectivity index is 1.57. The summed E-state index contributed by atoms with van der Waals surface area (Å²) in [5, 5.41) is 47.9. The molecule has 0 aliphatic carbocycles. The number of nitrogen functional groups attached to an aromatic ring is 1. The Bertz CT molecular complexity index is 906. The lowest BCUT2D eigenvalue weighted by Crippen LogP contribution is -2.65. The maximum absolute atomic E-state index is 12.9. The Kier molecular flexibility index (Phi) is 11.0. The minimum atomic E-state index is -1.57. The van der Waals surface area contributed by atoms with Gasteiger partial charge in [0.15, 0.2) is 0 Å². The van der Waals surface area contributed by atoms with Crippen molar-refractivity contribution in [3.8, 4) is 0 Å². The Hall–Kier alpha value is -1.93. The van der Waals surface area contributed by atoms with Crippen LogP contribution in [0, 0.1) is 5.92 Å². The van der Waals surface area contributed by atoms with Crippen LogP contribution in [0.15, 0.2) is 24.3 Å². The Morgan fingerprint density at radius 3 is 2.65 bits per heavy atom. The van der Waals surface area contributed by atoms with E-state index in [0.717, 1.165) is 31.1 Å². The SMILES string of the molecule is CCC[C@H]1CN[C@H](C(=O)N[C@@H]([C@H]2O[C@H](SCCOC(=O)c3ccccc3N)[C@H](O)[C@@H](O)[C@H]2O)[C@@H](C)O)C1. The van der Waals surface area contributed by atoms with Gasteiger partial charge in [0.1, 0.15) is 36.5 Å². The number of ether oxygens (including phenoxy) is 2. The monoisotopic (exact) mass is 541 g/mol.